The topological polar surface area (TPSA) is 55.4 Å². The van der Waals surface area contributed by atoms with Gasteiger partial charge >= 0.3 is 5.97 Å². The van der Waals surface area contributed by atoms with Crippen molar-refractivity contribution in [2.45, 2.75) is 39.2 Å². The molecule has 0 saturated heterocycles. The highest BCUT2D eigenvalue weighted by Crippen LogP contribution is 2.33. The number of nitrogens with one attached hydrogen (secondary N) is 1. The third-order valence-corrected chi connectivity index (χ3v) is 5.86. The molecule has 1 aromatic carbocycles. The molecule has 1 N–H and O–H groups in total. The lowest BCUT2D eigenvalue weighted by Crippen LogP contribution is -2.30. The maximum atomic E-state index is 12.3. The Hall–Kier alpha value is -2.14. The molecule has 0 unspecified atom stereocenters. The zero-order valence-electron chi connectivity index (χ0n) is 14.4. The molecule has 4 nitrogen and oxygen atoms in total. The van der Waals surface area contributed by atoms with E-state index in [1.165, 1.54) is 23.3 Å². The minimum atomic E-state index is -0.426. The lowest BCUT2D eigenvalue weighted by atomic mass is 9.87. The number of hydrogen-bond acceptors (Lipinski definition) is 4. The van der Waals surface area contributed by atoms with Crippen LogP contribution < -0.4 is 5.32 Å². The van der Waals surface area contributed by atoms with Gasteiger partial charge in [0.05, 0.1) is 4.88 Å². The molecule has 1 aromatic heterocycles. The second-order valence-corrected chi connectivity index (χ2v) is 7.54. The van der Waals surface area contributed by atoms with E-state index >= 15 is 0 Å². The summed E-state index contributed by atoms with van der Waals surface area (Å²) in [7, 11) is 0. The van der Waals surface area contributed by atoms with Crippen LogP contribution >= 0.6 is 11.3 Å². The number of thiophene rings is 1. The van der Waals surface area contributed by atoms with Gasteiger partial charge in [-0.15, -0.1) is 11.3 Å². The quantitative estimate of drug-likeness (QED) is 0.802. The highest BCUT2D eigenvalue weighted by molar-refractivity contribution is 7.14. The van der Waals surface area contributed by atoms with Crippen molar-refractivity contribution in [1.29, 1.82) is 0 Å². The molecular weight excluding hydrogens is 334 g/mol. The van der Waals surface area contributed by atoms with Crippen LogP contribution in [0.25, 0.3) is 0 Å². The van der Waals surface area contributed by atoms with Gasteiger partial charge in [0.2, 0.25) is 0 Å². The number of hydrogen-bond donors (Lipinski definition) is 1. The first-order valence-electron chi connectivity index (χ1n) is 8.75. The van der Waals surface area contributed by atoms with Crippen LogP contribution in [0.2, 0.25) is 0 Å². The maximum Gasteiger partial charge on any atom is 0.325 e. The summed E-state index contributed by atoms with van der Waals surface area (Å²) in [6.45, 7) is 2.34. The van der Waals surface area contributed by atoms with Crippen LogP contribution in [-0.2, 0) is 29.0 Å². The molecule has 0 fully saturated rings. The molecule has 5 heteroatoms. The normalized spacial score (nSPS) is 16.1. The van der Waals surface area contributed by atoms with Gasteiger partial charge in [-0.25, -0.2) is 0 Å². The molecule has 25 heavy (non-hydrogen) atoms. The third kappa shape index (κ3) is 4.69. The largest absolute Gasteiger partial charge is 0.460 e. The smallest absolute Gasteiger partial charge is 0.325 e. The Balaban J connectivity index is 1.48. The molecule has 3 rings (SSSR count). The van der Waals surface area contributed by atoms with Crippen LogP contribution in [0.5, 0.6) is 0 Å². The van der Waals surface area contributed by atoms with E-state index in [4.69, 9.17) is 4.74 Å². The van der Waals surface area contributed by atoms with Gasteiger partial charge in [-0.05, 0) is 42.4 Å². The average molecular weight is 357 g/mol. The zero-order valence-corrected chi connectivity index (χ0v) is 15.2. The van der Waals surface area contributed by atoms with E-state index in [1.54, 1.807) is 11.3 Å². The Labute approximate surface area is 152 Å². The molecule has 1 aliphatic rings. The van der Waals surface area contributed by atoms with Crippen LogP contribution in [0.15, 0.2) is 36.4 Å². The van der Waals surface area contributed by atoms with Gasteiger partial charge in [0.1, 0.15) is 13.2 Å². The highest BCUT2D eigenvalue weighted by atomic mass is 32.1. The number of carbonyl (C=O) groups excluding carboxylic acids is 2. The molecule has 1 heterocycles. The van der Waals surface area contributed by atoms with Crippen LogP contribution in [0.4, 0.5) is 0 Å². The van der Waals surface area contributed by atoms with Gasteiger partial charge in [-0.2, -0.15) is 0 Å². The Morgan fingerprint density at radius 1 is 1.28 bits per heavy atom. The lowest BCUT2D eigenvalue weighted by molar-refractivity contribution is -0.143. The zero-order chi connectivity index (χ0) is 17.6. The van der Waals surface area contributed by atoms with Gasteiger partial charge in [0.15, 0.2) is 0 Å². The van der Waals surface area contributed by atoms with Crippen molar-refractivity contribution in [3.8, 4) is 0 Å². The number of rotatable bonds is 6. The lowest BCUT2D eigenvalue weighted by Gasteiger charge is -2.19. The molecule has 2 aromatic rings. The van der Waals surface area contributed by atoms with E-state index < -0.39 is 5.97 Å². The first-order valence-corrected chi connectivity index (χ1v) is 9.56. The molecule has 1 aliphatic carbocycles. The van der Waals surface area contributed by atoms with Gasteiger partial charge in [0, 0.05) is 4.88 Å². The molecular formula is C20H23NO3S. The molecule has 0 spiro atoms. The van der Waals surface area contributed by atoms with Crippen molar-refractivity contribution in [3.05, 3.63) is 57.3 Å². The minimum absolute atomic E-state index is 0.105. The first-order chi connectivity index (χ1) is 12.2. The number of fused-ring (bicyclic) bond motifs is 1. The summed E-state index contributed by atoms with van der Waals surface area (Å²) < 4.78 is 5.17. The van der Waals surface area contributed by atoms with E-state index in [9.17, 15) is 9.59 Å². The standard InChI is InChI=1S/C20H23NO3S/c1-2-14-8-9-17-16(10-14)11-18(25-17)20(23)21-12-19(22)24-13-15-6-4-3-5-7-15/h3-7,11,14H,2,8-10,12-13H2,1H3,(H,21,23)/t14-/m0/s1. The summed E-state index contributed by atoms with van der Waals surface area (Å²) in [5.74, 6) is 0.111. The van der Waals surface area contributed by atoms with Crippen molar-refractivity contribution in [1.82, 2.24) is 5.32 Å². The molecule has 0 bridgehead atoms. The SMILES string of the molecule is CC[C@H]1CCc2sc(C(=O)NCC(=O)OCc3ccccc3)cc2C1. The fourth-order valence-electron chi connectivity index (χ4n) is 3.09. The first kappa shape index (κ1) is 17.7. The minimum Gasteiger partial charge on any atom is -0.460 e. The number of benzene rings is 1. The molecule has 132 valence electrons. The second kappa shape index (κ2) is 8.30. The molecule has 0 saturated carbocycles. The Bertz CT molecular complexity index is 739. The maximum absolute atomic E-state index is 12.3. The number of ether oxygens (including phenoxy) is 1. The van der Waals surface area contributed by atoms with Crippen LogP contribution in [0, 0.1) is 5.92 Å². The van der Waals surface area contributed by atoms with Gasteiger partial charge in [-0.1, -0.05) is 43.7 Å². The average Bonchev–Trinajstić information content (AvgIpc) is 3.08. The number of esters is 1. The predicted molar refractivity (Wildman–Crippen MR) is 98.7 cm³/mol. The van der Waals surface area contributed by atoms with Crippen molar-refractivity contribution < 1.29 is 14.3 Å². The fraction of sp³-hybridized carbons (Fsp3) is 0.400. The monoisotopic (exact) mass is 357 g/mol. The van der Waals surface area contributed by atoms with E-state index in [2.05, 4.69) is 12.2 Å². The van der Waals surface area contributed by atoms with E-state index in [-0.39, 0.29) is 19.1 Å². The van der Waals surface area contributed by atoms with Crippen LogP contribution in [0.1, 0.15) is 45.4 Å². The van der Waals surface area contributed by atoms with Crippen LogP contribution in [0.3, 0.4) is 0 Å². The van der Waals surface area contributed by atoms with E-state index in [0.717, 1.165) is 24.3 Å². The molecule has 0 aliphatic heterocycles. The van der Waals surface area contributed by atoms with Crippen molar-refractivity contribution >= 4 is 23.2 Å². The van der Waals surface area contributed by atoms with Crippen molar-refractivity contribution in [3.63, 3.8) is 0 Å². The second-order valence-electron chi connectivity index (χ2n) is 6.41. The predicted octanol–water partition coefficient (Wildman–Crippen LogP) is 3.74. The Kier molecular flexibility index (Phi) is 5.87. The summed E-state index contributed by atoms with van der Waals surface area (Å²) >= 11 is 1.55. The summed E-state index contributed by atoms with van der Waals surface area (Å²) in [5, 5.41) is 2.67. The summed E-state index contributed by atoms with van der Waals surface area (Å²) in [5.41, 5.74) is 2.23. The van der Waals surface area contributed by atoms with Crippen molar-refractivity contribution in [2.75, 3.05) is 6.54 Å². The van der Waals surface area contributed by atoms with E-state index in [0.29, 0.717) is 4.88 Å². The van der Waals surface area contributed by atoms with E-state index in [1.807, 2.05) is 36.4 Å². The van der Waals surface area contributed by atoms with Crippen molar-refractivity contribution in [2.24, 2.45) is 5.92 Å². The summed E-state index contributed by atoms with van der Waals surface area (Å²) in [6, 6.07) is 11.5. The van der Waals surface area contributed by atoms with Gasteiger partial charge in [0.25, 0.3) is 5.91 Å². The third-order valence-electron chi connectivity index (χ3n) is 4.62. The van der Waals surface area contributed by atoms with Gasteiger partial charge in [-0.3, -0.25) is 9.59 Å². The number of aryl methyl sites for hydroxylation is 1. The fourth-order valence-corrected chi connectivity index (χ4v) is 4.21. The molecule has 1 atom stereocenters. The summed E-state index contributed by atoms with van der Waals surface area (Å²) in [4.78, 5) is 26.1. The van der Waals surface area contributed by atoms with Crippen LogP contribution in [-0.4, -0.2) is 18.4 Å². The van der Waals surface area contributed by atoms with Gasteiger partial charge < -0.3 is 10.1 Å². The Morgan fingerprint density at radius 2 is 2.08 bits per heavy atom. The summed E-state index contributed by atoms with van der Waals surface area (Å²) in [6.07, 6.45) is 4.51. The Morgan fingerprint density at radius 3 is 2.84 bits per heavy atom. The number of carbonyl (C=O) groups is 2. The molecule has 0 radical (unpaired) electrons. The highest BCUT2D eigenvalue weighted by Gasteiger charge is 2.22. The molecule has 1 amide bonds. The number of amides is 1.